The lowest BCUT2D eigenvalue weighted by atomic mass is 10.2. The molecule has 0 aliphatic heterocycles. The molecule has 0 aromatic carbocycles. The van der Waals surface area contributed by atoms with Gasteiger partial charge in [0.25, 0.3) is 5.56 Å². The van der Waals surface area contributed by atoms with E-state index in [4.69, 9.17) is 4.74 Å². The van der Waals surface area contributed by atoms with Gasteiger partial charge in [-0.05, 0) is 21.8 Å². The van der Waals surface area contributed by atoms with E-state index in [1.165, 1.54) is 4.68 Å². The molecule has 7 heteroatoms. The van der Waals surface area contributed by atoms with Crippen molar-refractivity contribution in [2.24, 2.45) is 5.92 Å². The van der Waals surface area contributed by atoms with E-state index in [-0.39, 0.29) is 5.56 Å². The molecule has 1 aromatic rings. The number of anilines is 1. The average molecular weight is 347 g/mol. The molecule has 0 bridgehead atoms. The Kier molecular flexibility index (Phi) is 7.79. The van der Waals surface area contributed by atoms with Crippen molar-refractivity contribution in [3.8, 4) is 0 Å². The van der Waals surface area contributed by atoms with Crippen LogP contribution < -0.4 is 16.2 Å². The summed E-state index contributed by atoms with van der Waals surface area (Å²) in [5.74, 6) is 0.385. The minimum atomic E-state index is -0.101. The number of hydrogen-bond donors (Lipinski definition) is 2. The number of nitrogens with one attached hydrogen (secondary N) is 2. The van der Waals surface area contributed by atoms with Crippen molar-refractivity contribution in [2.45, 2.75) is 20.4 Å². The third kappa shape index (κ3) is 5.60. The fraction of sp³-hybridized carbons (Fsp3) is 0.692. The summed E-state index contributed by atoms with van der Waals surface area (Å²) in [4.78, 5) is 12.1. The molecular weight excluding hydrogens is 324 g/mol. The standard InChI is InChI=1S/C13H23BrN4O2/c1-10(2)9-18-13(19)12(14)11(8-17-18)16-5-4-15-6-7-20-3/h8,10,15-16H,4-7,9H2,1-3H3. The highest BCUT2D eigenvalue weighted by atomic mass is 79.9. The van der Waals surface area contributed by atoms with Gasteiger partial charge in [-0.1, -0.05) is 13.8 Å². The zero-order valence-electron chi connectivity index (χ0n) is 12.3. The monoisotopic (exact) mass is 346 g/mol. The fourth-order valence-corrected chi connectivity index (χ4v) is 2.10. The van der Waals surface area contributed by atoms with E-state index in [1.807, 2.05) is 0 Å². The third-order valence-electron chi connectivity index (χ3n) is 2.62. The first-order chi connectivity index (χ1) is 9.56. The van der Waals surface area contributed by atoms with Gasteiger partial charge in [-0.25, -0.2) is 4.68 Å². The van der Waals surface area contributed by atoms with Gasteiger partial charge in [-0.15, -0.1) is 0 Å². The van der Waals surface area contributed by atoms with E-state index in [0.717, 1.165) is 25.3 Å². The summed E-state index contributed by atoms with van der Waals surface area (Å²) in [7, 11) is 1.68. The molecule has 1 rings (SSSR count). The summed E-state index contributed by atoms with van der Waals surface area (Å²) in [6.45, 7) is 7.75. The van der Waals surface area contributed by atoms with Crippen molar-refractivity contribution in [3.63, 3.8) is 0 Å². The van der Waals surface area contributed by atoms with Crippen LogP contribution in [0.15, 0.2) is 15.5 Å². The summed E-state index contributed by atoms with van der Waals surface area (Å²) >= 11 is 3.34. The van der Waals surface area contributed by atoms with Crippen molar-refractivity contribution in [1.29, 1.82) is 0 Å². The molecule has 0 amide bonds. The normalized spacial score (nSPS) is 11.1. The number of ether oxygens (including phenoxy) is 1. The number of aromatic nitrogens is 2. The second-order valence-corrected chi connectivity index (χ2v) is 5.72. The Labute approximate surface area is 128 Å². The molecule has 0 aliphatic carbocycles. The molecule has 1 aromatic heterocycles. The zero-order chi connectivity index (χ0) is 15.0. The van der Waals surface area contributed by atoms with E-state index >= 15 is 0 Å². The van der Waals surface area contributed by atoms with Crippen LogP contribution in [0.1, 0.15) is 13.8 Å². The van der Waals surface area contributed by atoms with Crippen LogP contribution in [0, 0.1) is 5.92 Å². The van der Waals surface area contributed by atoms with E-state index < -0.39 is 0 Å². The lowest BCUT2D eigenvalue weighted by Crippen LogP contribution is -2.28. The molecule has 0 spiro atoms. The van der Waals surface area contributed by atoms with Crippen molar-refractivity contribution in [2.75, 3.05) is 38.7 Å². The van der Waals surface area contributed by atoms with Crippen molar-refractivity contribution in [3.05, 3.63) is 21.0 Å². The highest BCUT2D eigenvalue weighted by Crippen LogP contribution is 2.15. The Balaban J connectivity index is 2.51. The van der Waals surface area contributed by atoms with Crippen molar-refractivity contribution >= 4 is 21.6 Å². The minimum Gasteiger partial charge on any atom is -0.383 e. The maximum Gasteiger partial charge on any atom is 0.283 e. The Bertz CT molecular complexity index is 462. The number of halogens is 1. The van der Waals surface area contributed by atoms with E-state index in [9.17, 15) is 4.79 Å². The maximum absolute atomic E-state index is 12.1. The average Bonchev–Trinajstić information content (AvgIpc) is 2.41. The van der Waals surface area contributed by atoms with Crippen molar-refractivity contribution < 1.29 is 4.74 Å². The number of rotatable bonds is 9. The molecule has 2 N–H and O–H groups in total. The highest BCUT2D eigenvalue weighted by Gasteiger charge is 2.09. The predicted octanol–water partition coefficient (Wildman–Crippen LogP) is 1.31. The summed E-state index contributed by atoms with van der Waals surface area (Å²) in [6.07, 6.45) is 1.68. The molecule has 114 valence electrons. The van der Waals surface area contributed by atoms with Crippen LogP contribution in [0.4, 0.5) is 5.69 Å². The summed E-state index contributed by atoms with van der Waals surface area (Å²) in [5, 5.41) is 10.6. The molecular formula is C13H23BrN4O2. The van der Waals surface area contributed by atoms with Gasteiger partial charge >= 0.3 is 0 Å². The minimum absolute atomic E-state index is 0.101. The van der Waals surface area contributed by atoms with E-state index in [0.29, 0.717) is 23.5 Å². The molecule has 6 nitrogen and oxygen atoms in total. The van der Waals surface area contributed by atoms with Crippen LogP contribution in [0.5, 0.6) is 0 Å². The first-order valence-electron chi connectivity index (χ1n) is 6.75. The van der Waals surface area contributed by atoms with Gasteiger partial charge < -0.3 is 15.4 Å². The number of nitrogens with zero attached hydrogens (tertiary/aromatic N) is 2. The van der Waals surface area contributed by atoms with Crippen LogP contribution in [0.3, 0.4) is 0 Å². The quantitative estimate of drug-likeness (QED) is 0.660. The molecule has 0 atom stereocenters. The Morgan fingerprint density at radius 2 is 2.15 bits per heavy atom. The zero-order valence-corrected chi connectivity index (χ0v) is 13.9. The molecule has 0 aliphatic rings. The Hall–Kier alpha value is -0.920. The molecule has 1 heterocycles. The van der Waals surface area contributed by atoms with Crippen LogP contribution >= 0.6 is 15.9 Å². The van der Waals surface area contributed by atoms with Gasteiger partial charge in [0.05, 0.1) is 18.5 Å². The summed E-state index contributed by atoms with van der Waals surface area (Å²) in [5.41, 5.74) is 0.625. The molecule has 0 radical (unpaired) electrons. The predicted molar refractivity (Wildman–Crippen MR) is 84.3 cm³/mol. The van der Waals surface area contributed by atoms with Crippen LogP contribution in [0.25, 0.3) is 0 Å². The highest BCUT2D eigenvalue weighted by molar-refractivity contribution is 9.10. The molecule has 0 saturated carbocycles. The first kappa shape index (κ1) is 17.1. The summed E-state index contributed by atoms with van der Waals surface area (Å²) in [6, 6.07) is 0. The molecule has 0 saturated heterocycles. The fourth-order valence-electron chi connectivity index (χ4n) is 1.65. The smallest absolute Gasteiger partial charge is 0.283 e. The number of hydrogen-bond acceptors (Lipinski definition) is 5. The van der Waals surface area contributed by atoms with Gasteiger partial charge in [-0.3, -0.25) is 4.79 Å². The first-order valence-corrected chi connectivity index (χ1v) is 7.54. The van der Waals surface area contributed by atoms with Gasteiger partial charge in [0, 0.05) is 33.3 Å². The van der Waals surface area contributed by atoms with Crippen LogP contribution in [-0.4, -0.2) is 43.1 Å². The van der Waals surface area contributed by atoms with Crippen LogP contribution in [0.2, 0.25) is 0 Å². The van der Waals surface area contributed by atoms with Gasteiger partial charge in [0.1, 0.15) is 4.47 Å². The SMILES string of the molecule is COCCNCCNc1cnn(CC(C)C)c(=O)c1Br. The molecule has 20 heavy (non-hydrogen) atoms. The second-order valence-electron chi connectivity index (χ2n) is 4.92. The second kappa shape index (κ2) is 9.10. The third-order valence-corrected chi connectivity index (χ3v) is 3.39. The maximum atomic E-state index is 12.1. The van der Waals surface area contributed by atoms with Gasteiger partial charge in [-0.2, -0.15) is 5.10 Å². The van der Waals surface area contributed by atoms with Gasteiger partial charge in [0.15, 0.2) is 0 Å². The topological polar surface area (TPSA) is 68.2 Å². The van der Waals surface area contributed by atoms with Gasteiger partial charge in [0.2, 0.25) is 0 Å². The lowest BCUT2D eigenvalue weighted by molar-refractivity contribution is 0.200. The number of methoxy groups -OCH3 is 1. The molecule has 0 fully saturated rings. The largest absolute Gasteiger partial charge is 0.383 e. The van der Waals surface area contributed by atoms with E-state index in [2.05, 4.69) is 45.5 Å². The van der Waals surface area contributed by atoms with Crippen molar-refractivity contribution in [1.82, 2.24) is 15.1 Å². The molecule has 0 unspecified atom stereocenters. The lowest BCUT2D eigenvalue weighted by Gasteiger charge is -2.12. The Morgan fingerprint density at radius 1 is 1.40 bits per heavy atom. The Morgan fingerprint density at radius 3 is 2.80 bits per heavy atom. The summed E-state index contributed by atoms with van der Waals surface area (Å²) < 4.78 is 6.96. The van der Waals surface area contributed by atoms with Crippen LogP contribution in [-0.2, 0) is 11.3 Å². The van der Waals surface area contributed by atoms with E-state index in [1.54, 1.807) is 13.3 Å².